The summed E-state index contributed by atoms with van der Waals surface area (Å²) in [6, 6.07) is 0. The molecule has 1 aliphatic rings. The van der Waals surface area contributed by atoms with Crippen molar-refractivity contribution >= 4 is 5.97 Å². The van der Waals surface area contributed by atoms with Gasteiger partial charge in [-0.3, -0.25) is 4.79 Å². The zero-order chi connectivity index (χ0) is 13.4. The molecule has 0 aromatic rings. The third-order valence-corrected chi connectivity index (χ3v) is 4.36. The number of piperidine rings is 1. The van der Waals surface area contributed by atoms with Crippen LogP contribution in [0, 0.1) is 5.41 Å². The van der Waals surface area contributed by atoms with Gasteiger partial charge in [-0.15, -0.1) is 0 Å². The summed E-state index contributed by atoms with van der Waals surface area (Å²) in [6.45, 7) is 7.17. The van der Waals surface area contributed by atoms with Gasteiger partial charge in [-0.25, -0.2) is 0 Å². The quantitative estimate of drug-likeness (QED) is 0.674. The second-order valence-corrected chi connectivity index (χ2v) is 5.73. The highest BCUT2D eigenvalue weighted by Gasteiger charge is 2.40. The molecule has 1 N–H and O–H groups in total. The third-order valence-electron chi connectivity index (χ3n) is 4.36. The van der Waals surface area contributed by atoms with E-state index < -0.39 is 11.4 Å². The van der Waals surface area contributed by atoms with Crippen molar-refractivity contribution in [2.75, 3.05) is 19.6 Å². The molecule has 0 bridgehead atoms. The first-order chi connectivity index (χ1) is 8.64. The van der Waals surface area contributed by atoms with Gasteiger partial charge in [-0.1, -0.05) is 39.5 Å². The average Bonchev–Trinajstić information content (AvgIpc) is 2.38. The lowest BCUT2D eigenvalue weighted by Crippen LogP contribution is -2.47. The number of nitrogens with zero attached hydrogens (tertiary/aromatic N) is 1. The van der Waals surface area contributed by atoms with Crippen molar-refractivity contribution in [1.82, 2.24) is 4.90 Å². The van der Waals surface area contributed by atoms with Gasteiger partial charge in [0, 0.05) is 6.54 Å². The molecule has 106 valence electrons. The van der Waals surface area contributed by atoms with E-state index in [1.807, 2.05) is 6.92 Å². The Morgan fingerprint density at radius 2 is 1.94 bits per heavy atom. The SMILES string of the molecule is CCCCCCCN1CCCC(CC)(C(=O)O)C1. The Labute approximate surface area is 112 Å². The van der Waals surface area contributed by atoms with E-state index in [4.69, 9.17) is 0 Å². The number of likely N-dealkylation sites (tertiary alicyclic amines) is 1. The maximum atomic E-state index is 11.4. The molecule has 0 aromatic carbocycles. The van der Waals surface area contributed by atoms with E-state index in [-0.39, 0.29) is 0 Å². The molecule has 1 saturated heterocycles. The highest BCUT2D eigenvalue weighted by atomic mass is 16.4. The van der Waals surface area contributed by atoms with Crippen molar-refractivity contribution in [3.63, 3.8) is 0 Å². The third kappa shape index (κ3) is 4.27. The first-order valence-electron chi connectivity index (χ1n) is 7.60. The standard InChI is InChI=1S/C15H29NO2/c1-3-5-6-7-8-11-16-12-9-10-15(4-2,13-16)14(17)18/h3-13H2,1-2H3,(H,17,18). The van der Waals surface area contributed by atoms with Crippen LogP contribution in [0.3, 0.4) is 0 Å². The number of carbonyl (C=O) groups is 1. The molecule has 0 saturated carbocycles. The maximum absolute atomic E-state index is 11.4. The van der Waals surface area contributed by atoms with E-state index >= 15 is 0 Å². The van der Waals surface area contributed by atoms with Gasteiger partial charge in [0.05, 0.1) is 5.41 Å². The minimum Gasteiger partial charge on any atom is -0.481 e. The van der Waals surface area contributed by atoms with Gasteiger partial charge in [0.1, 0.15) is 0 Å². The summed E-state index contributed by atoms with van der Waals surface area (Å²) in [4.78, 5) is 13.8. The van der Waals surface area contributed by atoms with Gasteiger partial charge < -0.3 is 10.0 Å². The Hall–Kier alpha value is -0.570. The van der Waals surface area contributed by atoms with Crippen LogP contribution >= 0.6 is 0 Å². The smallest absolute Gasteiger partial charge is 0.310 e. The molecular formula is C15H29NO2. The van der Waals surface area contributed by atoms with Crippen molar-refractivity contribution < 1.29 is 9.90 Å². The van der Waals surface area contributed by atoms with Crippen LogP contribution in [-0.4, -0.2) is 35.6 Å². The number of carboxylic acid groups (broad SMARTS) is 1. The van der Waals surface area contributed by atoms with Gasteiger partial charge >= 0.3 is 5.97 Å². The highest BCUT2D eigenvalue weighted by Crippen LogP contribution is 2.33. The molecule has 1 atom stereocenters. The molecule has 18 heavy (non-hydrogen) atoms. The largest absolute Gasteiger partial charge is 0.481 e. The first kappa shape index (κ1) is 15.5. The summed E-state index contributed by atoms with van der Waals surface area (Å²) in [5.41, 5.74) is -0.471. The lowest BCUT2D eigenvalue weighted by atomic mass is 9.77. The number of hydrogen-bond acceptors (Lipinski definition) is 2. The van der Waals surface area contributed by atoms with Crippen LogP contribution in [-0.2, 0) is 4.79 Å². The normalized spacial score (nSPS) is 25.2. The van der Waals surface area contributed by atoms with Crippen LogP contribution in [0.4, 0.5) is 0 Å². The Balaban J connectivity index is 2.32. The average molecular weight is 255 g/mol. The van der Waals surface area contributed by atoms with E-state index in [2.05, 4.69) is 11.8 Å². The molecule has 1 aliphatic heterocycles. The summed E-state index contributed by atoms with van der Waals surface area (Å²) in [5, 5.41) is 9.42. The van der Waals surface area contributed by atoms with Crippen LogP contribution in [0.5, 0.6) is 0 Å². The summed E-state index contributed by atoms with van der Waals surface area (Å²) in [5.74, 6) is -0.597. The lowest BCUT2D eigenvalue weighted by Gasteiger charge is -2.39. The van der Waals surface area contributed by atoms with Crippen LogP contribution in [0.25, 0.3) is 0 Å². The number of hydrogen-bond donors (Lipinski definition) is 1. The minimum atomic E-state index is -0.597. The molecule has 1 unspecified atom stereocenters. The van der Waals surface area contributed by atoms with Gasteiger partial charge in [0.25, 0.3) is 0 Å². The van der Waals surface area contributed by atoms with Crippen molar-refractivity contribution in [3.8, 4) is 0 Å². The number of carboxylic acids is 1. The molecule has 1 fully saturated rings. The first-order valence-corrected chi connectivity index (χ1v) is 7.60. The molecular weight excluding hydrogens is 226 g/mol. The van der Waals surface area contributed by atoms with Crippen molar-refractivity contribution in [2.45, 2.75) is 65.2 Å². The zero-order valence-corrected chi connectivity index (χ0v) is 12.1. The monoisotopic (exact) mass is 255 g/mol. The molecule has 3 heteroatoms. The van der Waals surface area contributed by atoms with Gasteiger partial charge in [-0.2, -0.15) is 0 Å². The summed E-state index contributed by atoms with van der Waals surface area (Å²) in [7, 11) is 0. The Kier molecular flexibility index (Phi) is 6.69. The summed E-state index contributed by atoms with van der Waals surface area (Å²) >= 11 is 0. The topological polar surface area (TPSA) is 40.5 Å². The fraction of sp³-hybridized carbons (Fsp3) is 0.933. The van der Waals surface area contributed by atoms with Crippen LogP contribution in [0.2, 0.25) is 0 Å². The maximum Gasteiger partial charge on any atom is 0.310 e. The predicted molar refractivity (Wildman–Crippen MR) is 74.8 cm³/mol. The summed E-state index contributed by atoms with van der Waals surface area (Å²) in [6.07, 6.45) is 9.09. The molecule has 1 heterocycles. The molecule has 0 amide bonds. The Bertz CT molecular complexity index is 255. The van der Waals surface area contributed by atoms with Crippen LogP contribution < -0.4 is 0 Å². The second kappa shape index (κ2) is 7.78. The Morgan fingerprint density at radius 1 is 1.22 bits per heavy atom. The van der Waals surface area contributed by atoms with Gasteiger partial charge in [0.15, 0.2) is 0 Å². The van der Waals surface area contributed by atoms with Crippen molar-refractivity contribution in [1.29, 1.82) is 0 Å². The molecule has 0 aliphatic carbocycles. The molecule has 1 rings (SSSR count). The highest BCUT2D eigenvalue weighted by molar-refractivity contribution is 5.75. The predicted octanol–water partition coefficient (Wildman–Crippen LogP) is 3.53. The van der Waals surface area contributed by atoms with E-state index in [0.29, 0.717) is 0 Å². The van der Waals surface area contributed by atoms with Crippen LogP contribution in [0.15, 0.2) is 0 Å². The zero-order valence-electron chi connectivity index (χ0n) is 12.1. The van der Waals surface area contributed by atoms with Gasteiger partial charge in [0.2, 0.25) is 0 Å². The van der Waals surface area contributed by atoms with E-state index in [0.717, 1.165) is 38.9 Å². The minimum absolute atomic E-state index is 0.471. The van der Waals surface area contributed by atoms with E-state index in [1.54, 1.807) is 0 Å². The number of unbranched alkanes of at least 4 members (excludes halogenated alkanes) is 4. The molecule has 0 aromatic heterocycles. The van der Waals surface area contributed by atoms with Crippen molar-refractivity contribution in [3.05, 3.63) is 0 Å². The molecule has 0 radical (unpaired) electrons. The Morgan fingerprint density at radius 3 is 2.56 bits per heavy atom. The van der Waals surface area contributed by atoms with E-state index in [9.17, 15) is 9.90 Å². The van der Waals surface area contributed by atoms with E-state index in [1.165, 1.54) is 32.1 Å². The fourth-order valence-electron chi connectivity index (χ4n) is 2.97. The van der Waals surface area contributed by atoms with Gasteiger partial charge in [-0.05, 0) is 38.8 Å². The van der Waals surface area contributed by atoms with Crippen molar-refractivity contribution in [2.24, 2.45) is 5.41 Å². The lowest BCUT2D eigenvalue weighted by molar-refractivity contribution is -0.152. The summed E-state index contributed by atoms with van der Waals surface area (Å²) < 4.78 is 0. The molecule has 3 nitrogen and oxygen atoms in total. The number of rotatable bonds is 8. The fourth-order valence-corrected chi connectivity index (χ4v) is 2.97. The second-order valence-electron chi connectivity index (χ2n) is 5.73. The molecule has 0 spiro atoms. The number of aliphatic carboxylic acids is 1. The van der Waals surface area contributed by atoms with Crippen LogP contribution in [0.1, 0.15) is 65.2 Å².